The first-order valence-corrected chi connectivity index (χ1v) is 8.99. The molecule has 138 valence electrons. The molecule has 4 nitrogen and oxygen atoms in total. The zero-order valence-electron chi connectivity index (χ0n) is 15.7. The second-order valence-electron chi connectivity index (χ2n) is 7.32. The minimum absolute atomic E-state index is 0.270. The summed E-state index contributed by atoms with van der Waals surface area (Å²) in [6.45, 7) is 6.05. The molecule has 3 rings (SSSR count). The first-order valence-electron chi connectivity index (χ1n) is 8.99. The highest BCUT2D eigenvalue weighted by Gasteiger charge is 2.19. The summed E-state index contributed by atoms with van der Waals surface area (Å²) in [6, 6.07) is 21.7. The number of benzene rings is 2. The fraction of sp³-hybridized carbons (Fsp3) is 0.261. The molecule has 0 unspecified atom stereocenters. The Kier molecular flexibility index (Phi) is 5.63. The van der Waals surface area contributed by atoms with E-state index in [4.69, 9.17) is 4.42 Å². The van der Waals surface area contributed by atoms with E-state index in [-0.39, 0.29) is 5.75 Å². The first-order chi connectivity index (χ1) is 13.0. The summed E-state index contributed by atoms with van der Waals surface area (Å²) in [6.07, 6.45) is 1.69. The molecule has 1 aromatic heterocycles. The molecule has 0 bridgehead atoms. The molecule has 0 aliphatic rings. The van der Waals surface area contributed by atoms with Crippen LogP contribution in [0.2, 0.25) is 0 Å². The number of hydrogen-bond acceptors (Lipinski definition) is 4. The third-order valence-electron chi connectivity index (χ3n) is 4.66. The molecule has 0 aliphatic carbocycles. The van der Waals surface area contributed by atoms with E-state index in [1.54, 1.807) is 18.4 Å². The number of rotatable bonds is 7. The topological polar surface area (TPSA) is 60.4 Å². The van der Waals surface area contributed by atoms with E-state index in [1.165, 1.54) is 5.56 Å². The van der Waals surface area contributed by atoms with Crippen molar-refractivity contribution in [2.75, 3.05) is 0 Å². The number of hydrogen-bond donors (Lipinski definition) is 1. The van der Waals surface area contributed by atoms with Crippen LogP contribution in [0.4, 0.5) is 0 Å². The number of aromatic hydroxyl groups is 1. The highest BCUT2D eigenvalue weighted by Crippen LogP contribution is 2.23. The second-order valence-corrected chi connectivity index (χ2v) is 7.32. The highest BCUT2D eigenvalue weighted by atomic mass is 16.3. The van der Waals surface area contributed by atoms with Crippen LogP contribution in [0, 0.1) is 11.3 Å². The average Bonchev–Trinajstić information content (AvgIpc) is 3.17. The number of nitrogens with zero attached hydrogens (tertiary/aromatic N) is 2. The lowest BCUT2D eigenvalue weighted by Gasteiger charge is -2.22. The Morgan fingerprint density at radius 1 is 0.926 bits per heavy atom. The Labute approximate surface area is 160 Å². The van der Waals surface area contributed by atoms with Gasteiger partial charge in [0.1, 0.15) is 11.5 Å². The molecule has 3 aromatic rings. The smallest absolute Gasteiger partial charge is 0.117 e. The van der Waals surface area contributed by atoms with E-state index in [9.17, 15) is 10.4 Å². The molecule has 1 heterocycles. The van der Waals surface area contributed by atoms with Gasteiger partial charge >= 0.3 is 0 Å². The van der Waals surface area contributed by atoms with Gasteiger partial charge in [-0.3, -0.25) is 4.90 Å². The van der Waals surface area contributed by atoms with Gasteiger partial charge in [-0.15, -0.1) is 0 Å². The SMILES string of the molecule is CC(C)(C#N)c1ccc(CN(Cc2ccc(O)cc2)Cc2ccco2)cc1. The lowest BCUT2D eigenvalue weighted by molar-refractivity contribution is 0.227. The predicted octanol–water partition coefficient (Wildman–Crippen LogP) is 4.99. The Balaban J connectivity index is 1.76. The van der Waals surface area contributed by atoms with Crippen molar-refractivity contribution in [3.8, 4) is 11.8 Å². The third-order valence-corrected chi connectivity index (χ3v) is 4.66. The molecule has 0 radical (unpaired) electrons. The van der Waals surface area contributed by atoms with Crippen LogP contribution in [0.25, 0.3) is 0 Å². The molecule has 0 saturated carbocycles. The van der Waals surface area contributed by atoms with Crippen LogP contribution in [-0.4, -0.2) is 10.0 Å². The summed E-state index contributed by atoms with van der Waals surface area (Å²) >= 11 is 0. The maximum Gasteiger partial charge on any atom is 0.117 e. The molecule has 2 aromatic carbocycles. The summed E-state index contributed by atoms with van der Waals surface area (Å²) in [4.78, 5) is 2.29. The normalized spacial score (nSPS) is 11.5. The molecule has 0 saturated heterocycles. The van der Waals surface area contributed by atoms with Crippen molar-refractivity contribution in [2.45, 2.75) is 38.9 Å². The highest BCUT2D eigenvalue weighted by molar-refractivity contribution is 5.33. The van der Waals surface area contributed by atoms with Gasteiger partial charge in [0.25, 0.3) is 0 Å². The van der Waals surface area contributed by atoms with Crippen molar-refractivity contribution in [1.82, 2.24) is 4.90 Å². The fourth-order valence-electron chi connectivity index (χ4n) is 3.00. The number of nitriles is 1. The molecule has 27 heavy (non-hydrogen) atoms. The minimum Gasteiger partial charge on any atom is -0.508 e. The van der Waals surface area contributed by atoms with Gasteiger partial charge in [0, 0.05) is 13.1 Å². The molecule has 0 amide bonds. The van der Waals surface area contributed by atoms with Gasteiger partial charge in [-0.05, 0) is 54.8 Å². The van der Waals surface area contributed by atoms with E-state index >= 15 is 0 Å². The van der Waals surface area contributed by atoms with Gasteiger partial charge in [0.2, 0.25) is 0 Å². The third kappa shape index (κ3) is 4.99. The van der Waals surface area contributed by atoms with E-state index in [0.29, 0.717) is 6.54 Å². The Hall–Kier alpha value is -3.03. The van der Waals surface area contributed by atoms with E-state index < -0.39 is 5.41 Å². The van der Waals surface area contributed by atoms with E-state index in [0.717, 1.165) is 30.0 Å². The fourth-order valence-corrected chi connectivity index (χ4v) is 3.00. The summed E-state index contributed by atoms with van der Waals surface area (Å²) < 4.78 is 5.52. The average molecular weight is 360 g/mol. The molecule has 0 aliphatic heterocycles. The van der Waals surface area contributed by atoms with Gasteiger partial charge in [-0.1, -0.05) is 36.4 Å². The van der Waals surface area contributed by atoms with Crippen LogP contribution in [0.1, 0.15) is 36.3 Å². The standard InChI is InChI=1S/C23H24N2O2/c1-23(2,17-24)20-9-5-18(6-10-20)14-25(16-22-4-3-13-27-22)15-19-7-11-21(26)12-8-19/h3-13,26H,14-16H2,1-2H3. The van der Waals surface area contributed by atoms with Crippen molar-refractivity contribution >= 4 is 0 Å². The summed E-state index contributed by atoms with van der Waals surface area (Å²) in [7, 11) is 0. The maximum absolute atomic E-state index is 9.49. The zero-order valence-corrected chi connectivity index (χ0v) is 15.7. The molecular weight excluding hydrogens is 336 g/mol. The largest absolute Gasteiger partial charge is 0.508 e. The molecule has 0 spiro atoms. The molecule has 4 heteroatoms. The van der Waals surface area contributed by atoms with Crippen LogP contribution >= 0.6 is 0 Å². The van der Waals surface area contributed by atoms with E-state index in [1.807, 2.05) is 50.2 Å². The summed E-state index contributed by atoms with van der Waals surface area (Å²) in [5.74, 6) is 1.18. The minimum atomic E-state index is -0.488. The second kappa shape index (κ2) is 8.11. The lowest BCUT2D eigenvalue weighted by Crippen LogP contribution is -2.22. The van der Waals surface area contributed by atoms with Crippen LogP contribution < -0.4 is 0 Å². The number of phenolic OH excluding ortho intramolecular Hbond substituents is 1. The van der Waals surface area contributed by atoms with Crippen LogP contribution in [0.3, 0.4) is 0 Å². The Bertz CT molecular complexity index is 889. The molecule has 0 atom stereocenters. The van der Waals surface area contributed by atoms with Crippen LogP contribution in [-0.2, 0) is 25.0 Å². The summed E-state index contributed by atoms with van der Waals surface area (Å²) in [5.41, 5.74) is 2.84. The Morgan fingerprint density at radius 2 is 1.52 bits per heavy atom. The predicted molar refractivity (Wildman–Crippen MR) is 105 cm³/mol. The monoisotopic (exact) mass is 360 g/mol. The van der Waals surface area contributed by atoms with Crippen LogP contribution in [0.15, 0.2) is 71.3 Å². The van der Waals surface area contributed by atoms with Gasteiger partial charge in [-0.25, -0.2) is 0 Å². The maximum atomic E-state index is 9.49. The van der Waals surface area contributed by atoms with Crippen molar-refractivity contribution in [3.05, 3.63) is 89.4 Å². The molecular formula is C23H24N2O2. The van der Waals surface area contributed by atoms with Crippen molar-refractivity contribution < 1.29 is 9.52 Å². The van der Waals surface area contributed by atoms with Gasteiger partial charge in [0.05, 0.1) is 24.3 Å². The van der Waals surface area contributed by atoms with Gasteiger partial charge in [0.15, 0.2) is 0 Å². The zero-order chi connectivity index (χ0) is 19.3. The molecule has 0 fully saturated rings. The van der Waals surface area contributed by atoms with Crippen LogP contribution in [0.5, 0.6) is 5.75 Å². The number of furan rings is 1. The van der Waals surface area contributed by atoms with E-state index in [2.05, 4.69) is 23.1 Å². The Morgan fingerprint density at radius 3 is 2.04 bits per heavy atom. The summed E-state index contributed by atoms with van der Waals surface area (Å²) in [5, 5.41) is 18.8. The first kappa shape index (κ1) is 18.8. The number of phenols is 1. The van der Waals surface area contributed by atoms with Crippen molar-refractivity contribution in [2.24, 2.45) is 0 Å². The van der Waals surface area contributed by atoms with Crippen molar-refractivity contribution in [3.63, 3.8) is 0 Å². The lowest BCUT2D eigenvalue weighted by atomic mass is 9.86. The van der Waals surface area contributed by atoms with Crippen molar-refractivity contribution in [1.29, 1.82) is 5.26 Å². The molecule has 1 N–H and O–H groups in total. The quantitative estimate of drug-likeness (QED) is 0.645. The van der Waals surface area contributed by atoms with Gasteiger partial charge < -0.3 is 9.52 Å². The van der Waals surface area contributed by atoms with Gasteiger partial charge in [-0.2, -0.15) is 5.26 Å².